The van der Waals surface area contributed by atoms with E-state index in [1.165, 1.54) is 18.5 Å². The van der Waals surface area contributed by atoms with Crippen LogP contribution in [-0.2, 0) is 0 Å². The number of nitrogens with zero attached hydrogens (tertiary/aromatic N) is 1. The quantitative estimate of drug-likeness (QED) is 0.865. The Kier molecular flexibility index (Phi) is 4.51. The van der Waals surface area contributed by atoms with E-state index in [1.807, 2.05) is 12.1 Å². The van der Waals surface area contributed by atoms with Gasteiger partial charge in [0.1, 0.15) is 5.82 Å². The Balaban J connectivity index is 1.91. The van der Waals surface area contributed by atoms with Crippen molar-refractivity contribution in [3.05, 3.63) is 35.6 Å². The normalized spacial score (nSPS) is 19.9. The zero-order chi connectivity index (χ0) is 12.1. The molecule has 2 rings (SSSR count). The zero-order valence-electron chi connectivity index (χ0n) is 10.5. The maximum atomic E-state index is 12.8. The number of hydrogen-bond donors (Lipinski definition) is 1. The van der Waals surface area contributed by atoms with Crippen LogP contribution in [0.3, 0.4) is 0 Å². The molecule has 1 heterocycles. The van der Waals surface area contributed by atoms with Gasteiger partial charge in [-0.25, -0.2) is 4.39 Å². The van der Waals surface area contributed by atoms with Crippen LogP contribution in [0, 0.1) is 5.82 Å². The summed E-state index contributed by atoms with van der Waals surface area (Å²) in [4.78, 5) is 2.49. The molecular formula is C14H21FN2. The first kappa shape index (κ1) is 12.5. The smallest absolute Gasteiger partial charge is 0.123 e. The van der Waals surface area contributed by atoms with Crippen LogP contribution in [0.5, 0.6) is 0 Å². The molecule has 0 aliphatic carbocycles. The predicted octanol–water partition coefficient (Wildman–Crippen LogP) is 2.22. The van der Waals surface area contributed by atoms with E-state index in [4.69, 9.17) is 0 Å². The third-order valence-corrected chi connectivity index (χ3v) is 3.40. The van der Waals surface area contributed by atoms with Gasteiger partial charge in [0.05, 0.1) is 0 Å². The Labute approximate surface area is 103 Å². The number of rotatable bonds is 3. The lowest BCUT2D eigenvalue weighted by Crippen LogP contribution is -2.31. The lowest BCUT2D eigenvalue weighted by Gasteiger charge is -2.23. The average Bonchev–Trinajstić information content (AvgIpc) is 2.58. The molecule has 0 amide bonds. The fourth-order valence-corrected chi connectivity index (χ4v) is 2.37. The molecule has 1 fully saturated rings. The minimum absolute atomic E-state index is 0.153. The fraction of sp³-hybridized carbons (Fsp3) is 0.571. The first-order chi connectivity index (χ1) is 8.25. The highest BCUT2D eigenvalue weighted by Gasteiger charge is 2.13. The van der Waals surface area contributed by atoms with Crippen LogP contribution in [-0.4, -0.2) is 37.6 Å². The summed E-state index contributed by atoms with van der Waals surface area (Å²) in [5, 5.41) is 3.41. The highest BCUT2D eigenvalue weighted by Crippen LogP contribution is 2.17. The molecule has 1 unspecified atom stereocenters. The van der Waals surface area contributed by atoms with Gasteiger partial charge in [-0.05, 0) is 43.1 Å². The van der Waals surface area contributed by atoms with Gasteiger partial charge in [0.2, 0.25) is 0 Å². The van der Waals surface area contributed by atoms with E-state index >= 15 is 0 Å². The molecule has 0 aromatic heterocycles. The standard InChI is InChI=1S/C14H21FN2/c1-12(13-3-5-14(15)6-4-13)11-17-9-2-7-16-8-10-17/h3-6,12,16H,2,7-11H2,1H3. The average molecular weight is 236 g/mol. The largest absolute Gasteiger partial charge is 0.315 e. The SMILES string of the molecule is CC(CN1CCCNCC1)c1ccc(F)cc1. The molecule has 1 aliphatic rings. The van der Waals surface area contributed by atoms with Crippen molar-refractivity contribution in [3.8, 4) is 0 Å². The first-order valence-electron chi connectivity index (χ1n) is 6.44. The summed E-state index contributed by atoms with van der Waals surface area (Å²) in [7, 11) is 0. The predicted molar refractivity (Wildman–Crippen MR) is 68.7 cm³/mol. The van der Waals surface area contributed by atoms with Gasteiger partial charge in [-0.3, -0.25) is 0 Å². The van der Waals surface area contributed by atoms with E-state index in [1.54, 1.807) is 12.1 Å². The molecule has 1 saturated heterocycles. The summed E-state index contributed by atoms with van der Waals surface area (Å²) in [6, 6.07) is 6.90. The minimum Gasteiger partial charge on any atom is -0.315 e. The molecule has 1 aromatic rings. The second-order valence-electron chi connectivity index (χ2n) is 4.86. The molecular weight excluding hydrogens is 215 g/mol. The van der Waals surface area contributed by atoms with Crippen molar-refractivity contribution in [2.24, 2.45) is 0 Å². The Morgan fingerprint density at radius 2 is 2.00 bits per heavy atom. The van der Waals surface area contributed by atoms with Crippen molar-refractivity contribution < 1.29 is 4.39 Å². The van der Waals surface area contributed by atoms with E-state index in [2.05, 4.69) is 17.1 Å². The number of benzene rings is 1. The van der Waals surface area contributed by atoms with Gasteiger partial charge in [0.25, 0.3) is 0 Å². The van der Waals surface area contributed by atoms with Crippen molar-refractivity contribution >= 4 is 0 Å². The van der Waals surface area contributed by atoms with Gasteiger partial charge in [-0.15, -0.1) is 0 Å². The van der Waals surface area contributed by atoms with Gasteiger partial charge >= 0.3 is 0 Å². The van der Waals surface area contributed by atoms with Crippen molar-refractivity contribution in [2.75, 3.05) is 32.7 Å². The maximum absolute atomic E-state index is 12.8. The Morgan fingerprint density at radius 3 is 2.76 bits per heavy atom. The molecule has 0 spiro atoms. The van der Waals surface area contributed by atoms with Crippen LogP contribution in [0.2, 0.25) is 0 Å². The van der Waals surface area contributed by atoms with Crippen molar-refractivity contribution in [2.45, 2.75) is 19.3 Å². The molecule has 1 atom stereocenters. The second kappa shape index (κ2) is 6.12. The minimum atomic E-state index is -0.153. The monoisotopic (exact) mass is 236 g/mol. The lowest BCUT2D eigenvalue weighted by atomic mass is 10.0. The molecule has 94 valence electrons. The van der Waals surface area contributed by atoms with Crippen LogP contribution in [0.1, 0.15) is 24.8 Å². The van der Waals surface area contributed by atoms with Crippen LogP contribution >= 0.6 is 0 Å². The van der Waals surface area contributed by atoms with E-state index in [0.29, 0.717) is 5.92 Å². The zero-order valence-corrected chi connectivity index (χ0v) is 10.5. The molecule has 0 bridgehead atoms. The lowest BCUT2D eigenvalue weighted by molar-refractivity contribution is 0.278. The van der Waals surface area contributed by atoms with Crippen LogP contribution in [0.15, 0.2) is 24.3 Å². The Bertz CT molecular complexity index is 329. The molecule has 1 N–H and O–H groups in total. The summed E-state index contributed by atoms with van der Waals surface area (Å²) in [5.74, 6) is 0.314. The molecule has 1 aliphatic heterocycles. The first-order valence-corrected chi connectivity index (χ1v) is 6.44. The van der Waals surface area contributed by atoms with E-state index in [0.717, 1.165) is 26.2 Å². The summed E-state index contributed by atoms with van der Waals surface area (Å²) < 4.78 is 12.8. The number of nitrogens with one attached hydrogen (secondary N) is 1. The van der Waals surface area contributed by atoms with Crippen LogP contribution in [0.25, 0.3) is 0 Å². The summed E-state index contributed by atoms with van der Waals surface area (Å²) >= 11 is 0. The number of halogens is 1. The summed E-state index contributed by atoms with van der Waals surface area (Å²) in [6.45, 7) is 7.76. The second-order valence-corrected chi connectivity index (χ2v) is 4.86. The molecule has 17 heavy (non-hydrogen) atoms. The third-order valence-electron chi connectivity index (χ3n) is 3.40. The summed E-state index contributed by atoms with van der Waals surface area (Å²) in [6.07, 6.45) is 1.22. The topological polar surface area (TPSA) is 15.3 Å². The van der Waals surface area contributed by atoms with E-state index < -0.39 is 0 Å². The van der Waals surface area contributed by atoms with Gasteiger partial charge in [0.15, 0.2) is 0 Å². The summed E-state index contributed by atoms with van der Waals surface area (Å²) in [5.41, 5.74) is 1.23. The van der Waals surface area contributed by atoms with Crippen molar-refractivity contribution in [1.82, 2.24) is 10.2 Å². The Hall–Kier alpha value is -0.930. The van der Waals surface area contributed by atoms with Crippen LogP contribution in [0.4, 0.5) is 4.39 Å². The fourth-order valence-electron chi connectivity index (χ4n) is 2.37. The van der Waals surface area contributed by atoms with Crippen molar-refractivity contribution in [3.63, 3.8) is 0 Å². The van der Waals surface area contributed by atoms with E-state index in [9.17, 15) is 4.39 Å². The molecule has 3 heteroatoms. The van der Waals surface area contributed by atoms with Crippen LogP contribution < -0.4 is 5.32 Å². The highest BCUT2D eigenvalue weighted by atomic mass is 19.1. The van der Waals surface area contributed by atoms with Gasteiger partial charge < -0.3 is 10.2 Å². The van der Waals surface area contributed by atoms with Gasteiger partial charge in [-0.2, -0.15) is 0 Å². The molecule has 0 saturated carbocycles. The number of hydrogen-bond acceptors (Lipinski definition) is 2. The highest BCUT2D eigenvalue weighted by molar-refractivity contribution is 5.20. The third kappa shape index (κ3) is 3.79. The molecule has 0 radical (unpaired) electrons. The molecule has 1 aromatic carbocycles. The maximum Gasteiger partial charge on any atom is 0.123 e. The van der Waals surface area contributed by atoms with E-state index in [-0.39, 0.29) is 5.82 Å². The Morgan fingerprint density at radius 1 is 1.24 bits per heavy atom. The van der Waals surface area contributed by atoms with Gasteiger partial charge in [0, 0.05) is 19.6 Å². The molecule has 2 nitrogen and oxygen atoms in total. The van der Waals surface area contributed by atoms with Gasteiger partial charge in [-0.1, -0.05) is 19.1 Å². The van der Waals surface area contributed by atoms with Crippen molar-refractivity contribution in [1.29, 1.82) is 0 Å².